The minimum atomic E-state index is -0.776. The van der Waals surface area contributed by atoms with Crippen molar-refractivity contribution in [1.29, 1.82) is 0 Å². The lowest BCUT2D eigenvalue weighted by Crippen LogP contribution is -2.44. The minimum absolute atomic E-state index is 0.0577. The highest BCUT2D eigenvalue weighted by molar-refractivity contribution is 6.31. The second-order valence-electron chi connectivity index (χ2n) is 10.6. The van der Waals surface area contributed by atoms with E-state index in [9.17, 15) is 14.4 Å². The molecule has 1 aliphatic heterocycles. The molecule has 0 aliphatic carbocycles. The van der Waals surface area contributed by atoms with E-state index in [0.717, 1.165) is 16.3 Å². The highest BCUT2D eigenvalue weighted by Crippen LogP contribution is 2.41. The molecule has 0 saturated heterocycles. The van der Waals surface area contributed by atoms with Crippen LogP contribution in [0.15, 0.2) is 42.5 Å². The Morgan fingerprint density at radius 2 is 1.44 bits per heavy atom. The molecular formula is C27H34ClN3O5. The van der Waals surface area contributed by atoms with E-state index in [2.05, 4.69) is 0 Å². The molecule has 1 heterocycles. The summed E-state index contributed by atoms with van der Waals surface area (Å²) in [6.45, 7) is 10.9. The number of hydrogen-bond acceptors (Lipinski definition) is 6. The Labute approximate surface area is 217 Å². The molecule has 0 bridgehead atoms. The SMILES string of the molecule is CN1C(=O)c2ccc(Cl)cc2N(CCCN(C(=O)OC(C)(C)C)C(=O)OC(C)(C)C)c2ccccc21. The Bertz CT molecular complexity index is 1120. The zero-order valence-electron chi connectivity index (χ0n) is 21.9. The maximum Gasteiger partial charge on any atom is 0.419 e. The fraction of sp³-hybridized carbons (Fsp3) is 0.444. The van der Waals surface area contributed by atoms with Crippen LogP contribution in [0.4, 0.5) is 26.7 Å². The quantitative estimate of drug-likeness (QED) is 0.454. The van der Waals surface area contributed by atoms with Crippen molar-refractivity contribution in [2.45, 2.75) is 59.2 Å². The molecule has 0 aromatic heterocycles. The van der Waals surface area contributed by atoms with Gasteiger partial charge in [0, 0.05) is 25.2 Å². The third-order valence-corrected chi connectivity index (χ3v) is 5.55. The van der Waals surface area contributed by atoms with Gasteiger partial charge in [-0.1, -0.05) is 23.7 Å². The van der Waals surface area contributed by atoms with Gasteiger partial charge in [0.05, 0.1) is 22.6 Å². The number of nitrogens with zero attached hydrogens (tertiary/aromatic N) is 3. The van der Waals surface area contributed by atoms with Crippen molar-refractivity contribution >= 4 is 46.8 Å². The molecular weight excluding hydrogens is 482 g/mol. The van der Waals surface area contributed by atoms with Gasteiger partial charge >= 0.3 is 12.2 Å². The Balaban J connectivity index is 1.91. The highest BCUT2D eigenvalue weighted by atomic mass is 35.5. The first kappa shape index (κ1) is 27.3. The van der Waals surface area contributed by atoms with Crippen LogP contribution in [0.25, 0.3) is 0 Å². The van der Waals surface area contributed by atoms with Gasteiger partial charge in [0.15, 0.2) is 0 Å². The third-order valence-electron chi connectivity index (χ3n) is 5.31. The van der Waals surface area contributed by atoms with Crippen LogP contribution in [0.3, 0.4) is 0 Å². The standard InChI is InChI=1S/C27H34ClN3O5/c1-26(2,3)35-24(33)31(25(34)36-27(4,5)6)16-10-15-30-21-12-9-8-11-20(21)29(7)23(32)19-14-13-18(28)17-22(19)30/h8-9,11-14,17H,10,15-16H2,1-7H3. The molecule has 8 nitrogen and oxygen atoms in total. The maximum absolute atomic E-state index is 13.2. The number of rotatable bonds is 4. The number of benzene rings is 2. The van der Waals surface area contributed by atoms with Gasteiger partial charge in [-0.25, -0.2) is 14.5 Å². The number of amides is 3. The summed E-state index contributed by atoms with van der Waals surface area (Å²) in [5.41, 5.74) is 1.17. The van der Waals surface area contributed by atoms with Gasteiger partial charge in [0.1, 0.15) is 11.2 Å². The van der Waals surface area contributed by atoms with Crippen molar-refractivity contribution in [3.05, 3.63) is 53.1 Å². The van der Waals surface area contributed by atoms with Crippen molar-refractivity contribution in [2.75, 3.05) is 29.9 Å². The van der Waals surface area contributed by atoms with Crippen LogP contribution in [-0.2, 0) is 9.47 Å². The van der Waals surface area contributed by atoms with E-state index in [-0.39, 0.29) is 12.5 Å². The van der Waals surface area contributed by atoms with E-state index in [1.165, 1.54) is 0 Å². The lowest BCUT2D eigenvalue weighted by atomic mass is 10.1. The number of para-hydroxylation sites is 2. The monoisotopic (exact) mass is 515 g/mol. The Morgan fingerprint density at radius 3 is 2.00 bits per heavy atom. The fourth-order valence-corrected chi connectivity index (χ4v) is 3.99. The van der Waals surface area contributed by atoms with Crippen molar-refractivity contribution < 1.29 is 23.9 Å². The van der Waals surface area contributed by atoms with E-state index in [4.69, 9.17) is 21.1 Å². The van der Waals surface area contributed by atoms with Crippen LogP contribution in [-0.4, -0.2) is 54.3 Å². The topological polar surface area (TPSA) is 79.4 Å². The summed E-state index contributed by atoms with van der Waals surface area (Å²) in [7, 11) is 1.73. The van der Waals surface area contributed by atoms with Gasteiger partial charge in [-0.15, -0.1) is 0 Å². The predicted octanol–water partition coefficient (Wildman–Crippen LogP) is 6.63. The Morgan fingerprint density at radius 1 is 0.889 bits per heavy atom. The Hall–Kier alpha value is -3.26. The van der Waals surface area contributed by atoms with Crippen molar-refractivity contribution in [1.82, 2.24) is 4.90 Å². The summed E-state index contributed by atoms with van der Waals surface area (Å²) in [5, 5.41) is 0.498. The number of imide groups is 1. The van der Waals surface area contributed by atoms with Crippen molar-refractivity contribution in [2.24, 2.45) is 0 Å². The van der Waals surface area contributed by atoms with Gasteiger partial charge < -0.3 is 19.3 Å². The molecule has 0 saturated carbocycles. The molecule has 194 valence electrons. The van der Waals surface area contributed by atoms with Crippen molar-refractivity contribution in [3.8, 4) is 0 Å². The molecule has 2 aromatic rings. The number of halogens is 1. The van der Waals surface area contributed by atoms with Gasteiger partial charge in [-0.2, -0.15) is 0 Å². The van der Waals surface area contributed by atoms with E-state index in [1.54, 1.807) is 71.7 Å². The fourth-order valence-electron chi connectivity index (χ4n) is 3.82. The molecule has 3 rings (SSSR count). The molecule has 0 spiro atoms. The normalized spacial score (nSPS) is 13.5. The molecule has 1 aliphatic rings. The number of fused-ring (bicyclic) bond motifs is 2. The van der Waals surface area contributed by atoms with Gasteiger partial charge in [0.25, 0.3) is 5.91 Å². The first-order chi connectivity index (χ1) is 16.7. The van der Waals surface area contributed by atoms with Gasteiger partial charge in [-0.3, -0.25) is 4.79 Å². The number of ether oxygens (including phenoxy) is 2. The highest BCUT2D eigenvalue weighted by Gasteiger charge is 2.32. The molecule has 0 unspecified atom stereocenters. The Kier molecular flexibility index (Phi) is 7.88. The summed E-state index contributed by atoms with van der Waals surface area (Å²) in [6, 6.07) is 12.7. The minimum Gasteiger partial charge on any atom is -0.443 e. The third kappa shape index (κ3) is 6.49. The van der Waals surface area contributed by atoms with E-state index in [0.29, 0.717) is 29.2 Å². The summed E-state index contributed by atoms with van der Waals surface area (Å²) in [6.07, 6.45) is -1.16. The largest absolute Gasteiger partial charge is 0.443 e. The molecule has 36 heavy (non-hydrogen) atoms. The van der Waals surface area contributed by atoms with Crippen LogP contribution in [0.1, 0.15) is 58.3 Å². The maximum atomic E-state index is 13.2. The second kappa shape index (κ2) is 10.4. The molecule has 0 N–H and O–H groups in total. The molecule has 2 aromatic carbocycles. The smallest absolute Gasteiger partial charge is 0.419 e. The summed E-state index contributed by atoms with van der Waals surface area (Å²) in [4.78, 5) is 43.5. The zero-order chi connectivity index (χ0) is 26.8. The van der Waals surface area contributed by atoms with Crippen LogP contribution < -0.4 is 9.80 Å². The van der Waals surface area contributed by atoms with E-state index >= 15 is 0 Å². The van der Waals surface area contributed by atoms with E-state index in [1.807, 2.05) is 29.2 Å². The zero-order valence-corrected chi connectivity index (χ0v) is 22.7. The molecule has 0 atom stereocenters. The average Bonchev–Trinajstić information content (AvgIpc) is 2.83. The van der Waals surface area contributed by atoms with Crippen LogP contribution in [0.5, 0.6) is 0 Å². The molecule has 0 fully saturated rings. The number of anilines is 3. The molecule has 0 radical (unpaired) electrons. The lowest BCUT2D eigenvalue weighted by molar-refractivity contribution is 0.00139. The number of carbonyl (C=O) groups is 3. The summed E-state index contributed by atoms with van der Waals surface area (Å²) in [5.74, 6) is -0.152. The first-order valence-electron chi connectivity index (χ1n) is 11.9. The molecule has 9 heteroatoms. The van der Waals surface area contributed by atoms with E-state index < -0.39 is 23.4 Å². The number of hydrogen-bond donors (Lipinski definition) is 0. The van der Waals surface area contributed by atoms with Crippen molar-refractivity contribution in [3.63, 3.8) is 0 Å². The first-order valence-corrected chi connectivity index (χ1v) is 12.2. The van der Waals surface area contributed by atoms with Crippen LogP contribution in [0.2, 0.25) is 5.02 Å². The lowest BCUT2D eigenvalue weighted by Gasteiger charge is -2.30. The number of carbonyl (C=O) groups excluding carboxylic acids is 3. The average molecular weight is 516 g/mol. The second-order valence-corrected chi connectivity index (χ2v) is 11.1. The van der Waals surface area contributed by atoms with Crippen LogP contribution >= 0.6 is 11.6 Å². The summed E-state index contributed by atoms with van der Waals surface area (Å²) >= 11 is 6.31. The van der Waals surface area contributed by atoms with Gasteiger partial charge in [0.2, 0.25) is 0 Å². The molecule has 3 amide bonds. The predicted molar refractivity (Wildman–Crippen MR) is 141 cm³/mol. The summed E-state index contributed by atoms with van der Waals surface area (Å²) < 4.78 is 10.9. The van der Waals surface area contributed by atoms with Gasteiger partial charge in [-0.05, 0) is 78.3 Å². The van der Waals surface area contributed by atoms with Crippen LogP contribution in [0, 0.1) is 0 Å².